The molecule has 0 radical (unpaired) electrons. The van der Waals surface area contributed by atoms with Crippen LogP contribution in [0, 0.1) is 0 Å². The molecule has 2 N–H and O–H groups in total. The molecule has 6 heteroatoms. The van der Waals surface area contributed by atoms with Crippen LogP contribution < -0.4 is 15.2 Å². The lowest BCUT2D eigenvalue weighted by molar-refractivity contribution is 0.392. The standard InChI is InChI=1S/C12H15N3O3/c1-7(13)11-14-15-12(18-11)10-8(16-2)5-4-6-9(10)17-3/h4-7H,13H2,1-3H3. The normalized spacial score (nSPS) is 12.2. The number of benzene rings is 1. The Morgan fingerprint density at radius 1 is 1.17 bits per heavy atom. The van der Waals surface area contributed by atoms with Crippen LogP contribution in [-0.2, 0) is 0 Å². The molecule has 0 saturated heterocycles. The van der Waals surface area contributed by atoms with Crippen molar-refractivity contribution >= 4 is 0 Å². The highest BCUT2D eigenvalue weighted by Gasteiger charge is 2.19. The largest absolute Gasteiger partial charge is 0.496 e. The van der Waals surface area contributed by atoms with Crippen LogP contribution in [0.2, 0.25) is 0 Å². The summed E-state index contributed by atoms with van der Waals surface area (Å²) in [5.74, 6) is 1.91. The Morgan fingerprint density at radius 3 is 2.22 bits per heavy atom. The van der Waals surface area contributed by atoms with Crippen molar-refractivity contribution in [3.63, 3.8) is 0 Å². The highest BCUT2D eigenvalue weighted by Crippen LogP contribution is 2.37. The fourth-order valence-electron chi connectivity index (χ4n) is 1.58. The molecule has 2 aromatic rings. The zero-order valence-electron chi connectivity index (χ0n) is 10.5. The van der Waals surface area contributed by atoms with Crippen molar-refractivity contribution in [2.45, 2.75) is 13.0 Å². The monoisotopic (exact) mass is 249 g/mol. The molecule has 0 fully saturated rings. The molecular weight excluding hydrogens is 234 g/mol. The first kappa shape index (κ1) is 12.4. The van der Waals surface area contributed by atoms with Crippen molar-refractivity contribution < 1.29 is 13.9 Å². The maximum Gasteiger partial charge on any atom is 0.255 e. The zero-order valence-corrected chi connectivity index (χ0v) is 10.5. The second-order valence-electron chi connectivity index (χ2n) is 3.77. The van der Waals surface area contributed by atoms with Crippen molar-refractivity contribution in [1.82, 2.24) is 10.2 Å². The van der Waals surface area contributed by atoms with E-state index in [4.69, 9.17) is 19.6 Å². The minimum absolute atomic E-state index is 0.313. The number of nitrogens with zero attached hydrogens (tertiary/aromatic N) is 2. The lowest BCUT2D eigenvalue weighted by atomic mass is 10.2. The summed E-state index contributed by atoms with van der Waals surface area (Å²) in [7, 11) is 3.14. The Labute approximate surface area is 105 Å². The molecular formula is C12H15N3O3. The average Bonchev–Trinajstić information content (AvgIpc) is 2.87. The molecule has 0 amide bonds. The van der Waals surface area contributed by atoms with Gasteiger partial charge in [-0.15, -0.1) is 10.2 Å². The molecule has 0 aliphatic carbocycles. The maximum atomic E-state index is 5.69. The molecule has 0 spiro atoms. The number of aromatic nitrogens is 2. The summed E-state index contributed by atoms with van der Waals surface area (Å²) in [6.07, 6.45) is 0. The van der Waals surface area contributed by atoms with Gasteiger partial charge in [0.2, 0.25) is 5.89 Å². The Bertz CT molecular complexity index is 515. The van der Waals surface area contributed by atoms with Crippen molar-refractivity contribution in [2.75, 3.05) is 14.2 Å². The van der Waals surface area contributed by atoms with Crippen LogP contribution in [0.25, 0.3) is 11.5 Å². The summed E-state index contributed by atoms with van der Waals surface area (Å²) in [6.45, 7) is 1.77. The van der Waals surface area contributed by atoms with Gasteiger partial charge in [0.05, 0.1) is 20.3 Å². The van der Waals surface area contributed by atoms with Gasteiger partial charge in [-0.25, -0.2) is 0 Å². The van der Waals surface area contributed by atoms with E-state index in [1.807, 2.05) is 6.07 Å². The minimum atomic E-state index is -0.313. The van der Waals surface area contributed by atoms with Crippen molar-refractivity contribution in [2.24, 2.45) is 5.73 Å². The average molecular weight is 249 g/mol. The third kappa shape index (κ3) is 2.14. The first-order valence-electron chi connectivity index (χ1n) is 5.47. The highest BCUT2D eigenvalue weighted by atomic mass is 16.5. The summed E-state index contributed by atoms with van der Waals surface area (Å²) in [6, 6.07) is 5.11. The van der Waals surface area contributed by atoms with E-state index in [0.717, 1.165) is 0 Å². The molecule has 2 rings (SSSR count). The molecule has 1 aromatic carbocycles. The second kappa shape index (κ2) is 5.05. The van der Waals surface area contributed by atoms with Crippen molar-refractivity contribution in [1.29, 1.82) is 0 Å². The number of hydrogen-bond acceptors (Lipinski definition) is 6. The Kier molecular flexibility index (Phi) is 3.47. The Hall–Kier alpha value is -2.08. The predicted molar refractivity (Wildman–Crippen MR) is 65.4 cm³/mol. The lowest BCUT2D eigenvalue weighted by Gasteiger charge is -2.09. The Balaban J connectivity index is 2.54. The third-order valence-corrected chi connectivity index (χ3v) is 2.47. The summed E-state index contributed by atoms with van der Waals surface area (Å²) in [5.41, 5.74) is 6.31. The summed E-state index contributed by atoms with van der Waals surface area (Å²) < 4.78 is 16.1. The van der Waals surface area contributed by atoms with Crippen LogP contribution in [0.15, 0.2) is 22.6 Å². The van der Waals surface area contributed by atoms with E-state index < -0.39 is 0 Å². The summed E-state index contributed by atoms with van der Waals surface area (Å²) in [4.78, 5) is 0. The molecule has 1 aromatic heterocycles. The van der Waals surface area contributed by atoms with Gasteiger partial charge >= 0.3 is 0 Å². The number of rotatable bonds is 4. The molecule has 0 aliphatic rings. The smallest absolute Gasteiger partial charge is 0.255 e. The molecule has 0 saturated carbocycles. The van der Waals surface area contributed by atoms with Crippen molar-refractivity contribution in [3.05, 3.63) is 24.1 Å². The molecule has 6 nitrogen and oxygen atoms in total. The van der Waals surface area contributed by atoms with Gasteiger partial charge in [-0.3, -0.25) is 0 Å². The first-order valence-corrected chi connectivity index (χ1v) is 5.47. The molecule has 0 aliphatic heterocycles. The lowest BCUT2D eigenvalue weighted by Crippen LogP contribution is -2.04. The number of methoxy groups -OCH3 is 2. The van der Waals surface area contributed by atoms with E-state index in [1.54, 1.807) is 33.3 Å². The van der Waals surface area contributed by atoms with E-state index >= 15 is 0 Å². The van der Waals surface area contributed by atoms with E-state index in [1.165, 1.54) is 0 Å². The van der Waals surface area contributed by atoms with Crippen LogP contribution in [0.1, 0.15) is 18.9 Å². The quantitative estimate of drug-likeness (QED) is 0.889. The van der Waals surface area contributed by atoms with Crippen LogP contribution in [-0.4, -0.2) is 24.4 Å². The Morgan fingerprint density at radius 2 is 1.78 bits per heavy atom. The fourth-order valence-corrected chi connectivity index (χ4v) is 1.58. The number of hydrogen-bond donors (Lipinski definition) is 1. The SMILES string of the molecule is COc1cccc(OC)c1-c1nnc(C(C)N)o1. The van der Waals surface area contributed by atoms with Gasteiger partial charge in [0, 0.05) is 0 Å². The molecule has 1 atom stereocenters. The first-order chi connectivity index (χ1) is 8.67. The van der Waals surface area contributed by atoms with Crippen molar-refractivity contribution in [3.8, 4) is 23.0 Å². The predicted octanol–water partition coefficient (Wildman–Crippen LogP) is 1.77. The van der Waals surface area contributed by atoms with Gasteiger partial charge in [-0.2, -0.15) is 0 Å². The van der Waals surface area contributed by atoms with Gasteiger partial charge in [0.25, 0.3) is 5.89 Å². The van der Waals surface area contributed by atoms with Crippen LogP contribution in [0.5, 0.6) is 11.5 Å². The van der Waals surface area contributed by atoms with Gasteiger partial charge in [0.15, 0.2) is 0 Å². The number of ether oxygens (including phenoxy) is 2. The zero-order chi connectivity index (χ0) is 13.1. The number of nitrogens with two attached hydrogens (primary N) is 1. The molecule has 18 heavy (non-hydrogen) atoms. The van der Waals surface area contributed by atoms with E-state index in [-0.39, 0.29) is 6.04 Å². The molecule has 96 valence electrons. The van der Waals surface area contributed by atoms with E-state index in [9.17, 15) is 0 Å². The molecule has 0 bridgehead atoms. The molecule has 1 unspecified atom stereocenters. The maximum absolute atomic E-state index is 5.69. The van der Waals surface area contributed by atoms with Gasteiger partial charge in [0.1, 0.15) is 17.1 Å². The third-order valence-electron chi connectivity index (χ3n) is 2.47. The van der Waals surface area contributed by atoms with Crippen LogP contribution in [0.3, 0.4) is 0 Å². The molecule has 1 heterocycles. The van der Waals surface area contributed by atoms with Crippen LogP contribution >= 0.6 is 0 Å². The minimum Gasteiger partial charge on any atom is -0.496 e. The summed E-state index contributed by atoms with van der Waals surface area (Å²) in [5, 5.41) is 7.86. The summed E-state index contributed by atoms with van der Waals surface area (Å²) >= 11 is 0. The second-order valence-corrected chi connectivity index (χ2v) is 3.77. The topological polar surface area (TPSA) is 83.4 Å². The van der Waals surface area contributed by atoms with Crippen LogP contribution in [0.4, 0.5) is 0 Å². The van der Waals surface area contributed by atoms with Gasteiger partial charge in [-0.05, 0) is 19.1 Å². The van der Waals surface area contributed by atoms with Gasteiger partial charge < -0.3 is 19.6 Å². The highest BCUT2D eigenvalue weighted by molar-refractivity contribution is 5.70. The van der Waals surface area contributed by atoms with Gasteiger partial charge in [-0.1, -0.05) is 6.07 Å². The van der Waals surface area contributed by atoms with E-state index in [0.29, 0.717) is 28.8 Å². The fraction of sp³-hybridized carbons (Fsp3) is 0.333. The van der Waals surface area contributed by atoms with E-state index in [2.05, 4.69) is 10.2 Å².